The SMILES string of the molecule is CCCCOc1ccc(C(O)=C2C(=O)C(=O)N(c3nc(C)c(C(=O)OC)s3)C2c2cccc(F)c2)cc1. The molecular weight excluding hydrogens is 499 g/mol. The number of aromatic nitrogens is 1. The van der Waals surface area contributed by atoms with Crippen molar-refractivity contribution in [3.05, 3.63) is 81.6 Å². The average Bonchev–Trinajstić information content (AvgIpc) is 3.40. The molecule has 37 heavy (non-hydrogen) atoms. The number of ether oxygens (including phenoxy) is 2. The van der Waals surface area contributed by atoms with Gasteiger partial charge in [0.05, 0.1) is 31.0 Å². The monoisotopic (exact) mass is 524 g/mol. The number of Topliss-reactive ketones (excluding diaryl/α,β-unsaturated/α-hetero) is 1. The van der Waals surface area contributed by atoms with Gasteiger partial charge in [-0.2, -0.15) is 0 Å². The number of benzene rings is 2. The van der Waals surface area contributed by atoms with E-state index in [1.165, 1.54) is 25.3 Å². The fourth-order valence-electron chi connectivity index (χ4n) is 3.99. The molecule has 0 aliphatic carbocycles. The van der Waals surface area contributed by atoms with Crippen LogP contribution in [0.2, 0.25) is 0 Å². The van der Waals surface area contributed by atoms with Gasteiger partial charge in [0.15, 0.2) is 5.13 Å². The van der Waals surface area contributed by atoms with E-state index in [0.717, 1.165) is 29.1 Å². The van der Waals surface area contributed by atoms with Crippen LogP contribution < -0.4 is 9.64 Å². The topological polar surface area (TPSA) is 106 Å². The minimum Gasteiger partial charge on any atom is -0.507 e. The molecule has 1 unspecified atom stereocenters. The highest BCUT2D eigenvalue weighted by Gasteiger charge is 2.48. The maximum absolute atomic E-state index is 14.2. The van der Waals surface area contributed by atoms with Crippen LogP contribution in [0.1, 0.15) is 52.3 Å². The predicted octanol–water partition coefficient (Wildman–Crippen LogP) is 5.18. The summed E-state index contributed by atoms with van der Waals surface area (Å²) in [5, 5.41) is 11.3. The van der Waals surface area contributed by atoms with Gasteiger partial charge in [-0.1, -0.05) is 36.8 Å². The van der Waals surface area contributed by atoms with E-state index < -0.39 is 35.3 Å². The summed E-state index contributed by atoms with van der Waals surface area (Å²) in [6.07, 6.45) is 1.88. The van der Waals surface area contributed by atoms with Crippen LogP contribution in [-0.4, -0.2) is 41.5 Å². The summed E-state index contributed by atoms with van der Waals surface area (Å²) in [5.74, 6) is -2.95. The molecule has 1 N–H and O–H groups in total. The second-order valence-electron chi connectivity index (χ2n) is 8.35. The summed E-state index contributed by atoms with van der Waals surface area (Å²) in [6.45, 7) is 4.18. The van der Waals surface area contributed by atoms with Gasteiger partial charge in [0.2, 0.25) is 0 Å². The van der Waals surface area contributed by atoms with Crippen molar-refractivity contribution in [2.75, 3.05) is 18.6 Å². The first-order valence-electron chi connectivity index (χ1n) is 11.6. The Balaban J connectivity index is 1.82. The largest absolute Gasteiger partial charge is 0.507 e. The number of methoxy groups -OCH3 is 1. The van der Waals surface area contributed by atoms with Crippen molar-refractivity contribution in [2.24, 2.45) is 0 Å². The molecule has 2 aromatic carbocycles. The van der Waals surface area contributed by atoms with Gasteiger partial charge in [-0.3, -0.25) is 14.5 Å². The van der Waals surface area contributed by atoms with Gasteiger partial charge >= 0.3 is 11.9 Å². The van der Waals surface area contributed by atoms with Gasteiger partial charge in [-0.05, 0) is 55.3 Å². The van der Waals surface area contributed by atoms with Crippen molar-refractivity contribution in [3.8, 4) is 5.75 Å². The first-order chi connectivity index (χ1) is 17.8. The molecule has 8 nitrogen and oxygen atoms in total. The van der Waals surface area contributed by atoms with Crippen LogP contribution in [0.3, 0.4) is 0 Å². The number of carbonyl (C=O) groups excluding carboxylic acids is 3. The molecule has 1 aromatic heterocycles. The zero-order valence-electron chi connectivity index (χ0n) is 20.5. The summed E-state index contributed by atoms with van der Waals surface area (Å²) < 4.78 is 24.7. The average molecular weight is 525 g/mol. The molecule has 0 spiro atoms. The lowest BCUT2D eigenvalue weighted by Gasteiger charge is -2.23. The van der Waals surface area contributed by atoms with E-state index in [2.05, 4.69) is 11.9 Å². The van der Waals surface area contributed by atoms with Crippen molar-refractivity contribution in [3.63, 3.8) is 0 Å². The van der Waals surface area contributed by atoms with Gasteiger partial charge in [0.25, 0.3) is 5.78 Å². The molecule has 1 atom stereocenters. The number of hydrogen-bond donors (Lipinski definition) is 1. The van der Waals surface area contributed by atoms with Crippen molar-refractivity contribution in [1.82, 2.24) is 4.98 Å². The van der Waals surface area contributed by atoms with E-state index in [1.807, 2.05) is 0 Å². The van der Waals surface area contributed by atoms with Crippen LogP contribution in [-0.2, 0) is 14.3 Å². The third kappa shape index (κ3) is 5.10. The summed E-state index contributed by atoms with van der Waals surface area (Å²) in [5.41, 5.74) is 0.633. The van der Waals surface area contributed by atoms with Crippen LogP contribution >= 0.6 is 11.3 Å². The van der Waals surface area contributed by atoms with Crippen molar-refractivity contribution < 1.29 is 33.4 Å². The number of rotatable bonds is 8. The number of amides is 1. The van der Waals surface area contributed by atoms with Crippen LogP contribution in [0, 0.1) is 12.7 Å². The Hall–Kier alpha value is -4.05. The molecule has 192 valence electrons. The number of aryl methyl sites for hydroxylation is 1. The van der Waals surface area contributed by atoms with Crippen molar-refractivity contribution in [2.45, 2.75) is 32.7 Å². The number of carbonyl (C=O) groups is 3. The molecular formula is C27H25FN2O6S. The van der Waals surface area contributed by atoms with E-state index in [9.17, 15) is 23.9 Å². The van der Waals surface area contributed by atoms with Gasteiger partial charge in [0, 0.05) is 5.56 Å². The zero-order valence-corrected chi connectivity index (χ0v) is 21.3. The summed E-state index contributed by atoms with van der Waals surface area (Å²) in [6, 6.07) is 10.7. The molecule has 2 heterocycles. The molecule has 1 amide bonds. The lowest BCUT2D eigenvalue weighted by Crippen LogP contribution is -2.29. The highest BCUT2D eigenvalue weighted by Crippen LogP contribution is 2.44. The Morgan fingerprint density at radius 2 is 1.92 bits per heavy atom. The molecule has 3 aromatic rings. The van der Waals surface area contributed by atoms with Crippen LogP contribution in [0.5, 0.6) is 5.75 Å². The van der Waals surface area contributed by atoms with E-state index in [0.29, 0.717) is 18.1 Å². The number of anilines is 1. The first kappa shape index (κ1) is 26.0. The number of halogens is 1. The summed E-state index contributed by atoms with van der Waals surface area (Å²) in [7, 11) is 1.22. The summed E-state index contributed by atoms with van der Waals surface area (Å²) in [4.78, 5) is 44.2. The Bertz CT molecular complexity index is 1380. The number of aliphatic hydroxyl groups excluding tert-OH is 1. The van der Waals surface area contributed by atoms with E-state index in [4.69, 9.17) is 9.47 Å². The van der Waals surface area contributed by atoms with Gasteiger partial charge < -0.3 is 14.6 Å². The van der Waals surface area contributed by atoms with Gasteiger partial charge in [0.1, 0.15) is 22.2 Å². The minimum atomic E-state index is -1.17. The van der Waals surface area contributed by atoms with Gasteiger partial charge in [-0.15, -0.1) is 0 Å². The van der Waals surface area contributed by atoms with Crippen molar-refractivity contribution in [1.29, 1.82) is 0 Å². The number of unbranched alkanes of at least 4 members (excludes halogenated alkanes) is 1. The number of thiazole rings is 1. The third-order valence-electron chi connectivity index (χ3n) is 5.87. The molecule has 0 radical (unpaired) electrons. The molecule has 0 saturated carbocycles. The fraction of sp³-hybridized carbons (Fsp3) is 0.259. The molecule has 1 saturated heterocycles. The maximum atomic E-state index is 14.2. The molecule has 1 aliphatic heterocycles. The normalized spacial score (nSPS) is 16.8. The van der Waals surface area contributed by atoms with E-state index in [1.54, 1.807) is 37.3 Å². The lowest BCUT2D eigenvalue weighted by molar-refractivity contribution is -0.132. The highest BCUT2D eigenvalue weighted by molar-refractivity contribution is 7.17. The number of esters is 1. The molecule has 10 heteroatoms. The molecule has 0 bridgehead atoms. The quantitative estimate of drug-likeness (QED) is 0.142. The van der Waals surface area contributed by atoms with E-state index >= 15 is 0 Å². The second-order valence-corrected chi connectivity index (χ2v) is 9.33. The Morgan fingerprint density at radius 3 is 2.57 bits per heavy atom. The zero-order chi connectivity index (χ0) is 26.7. The van der Waals surface area contributed by atoms with E-state index in [-0.39, 0.29) is 26.7 Å². The number of ketones is 1. The first-order valence-corrected chi connectivity index (χ1v) is 12.4. The standard InChI is InChI=1S/C27H25FN2O6S/c1-4-5-13-36-19-11-9-16(10-12-19)22(31)20-21(17-7-6-8-18(28)14-17)30(25(33)23(20)32)27-29-15(2)24(37-27)26(34)35-3/h6-12,14,21,31H,4-5,13H2,1-3H3. The summed E-state index contributed by atoms with van der Waals surface area (Å²) >= 11 is 0.871. The maximum Gasteiger partial charge on any atom is 0.350 e. The number of aliphatic hydroxyl groups is 1. The highest BCUT2D eigenvalue weighted by atomic mass is 32.1. The van der Waals surface area contributed by atoms with Gasteiger partial charge in [-0.25, -0.2) is 14.2 Å². The smallest absolute Gasteiger partial charge is 0.350 e. The number of nitrogens with zero attached hydrogens (tertiary/aromatic N) is 2. The Kier molecular flexibility index (Phi) is 7.68. The van der Waals surface area contributed by atoms with Crippen LogP contribution in [0.4, 0.5) is 9.52 Å². The predicted molar refractivity (Wildman–Crippen MR) is 136 cm³/mol. The lowest BCUT2D eigenvalue weighted by atomic mass is 9.95. The minimum absolute atomic E-state index is 0.0491. The molecule has 1 aliphatic rings. The van der Waals surface area contributed by atoms with Crippen LogP contribution in [0.15, 0.2) is 54.1 Å². The molecule has 4 rings (SSSR count). The third-order valence-corrected chi connectivity index (χ3v) is 7.00. The molecule has 1 fully saturated rings. The van der Waals surface area contributed by atoms with Crippen LogP contribution in [0.25, 0.3) is 5.76 Å². The Morgan fingerprint density at radius 1 is 1.19 bits per heavy atom. The fourth-order valence-corrected chi connectivity index (χ4v) is 5.00. The van der Waals surface area contributed by atoms with Crippen molar-refractivity contribution >= 4 is 39.9 Å². The Labute approximate surface area is 217 Å². The number of hydrogen-bond acceptors (Lipinski definition) is 8. The second kappa shape index (κ2) is 10.9.